The number of nitrogen functional groups attached to an aromatic ring is 1. The van der Waals surface area contributed by atoms with Crippen molar-refractivity contribution in [3.05, 3.63) is 35.9 Å². The highest BCUT2D eigenvalue weighted by molar-refractivity contribution is 7.99. The molecule has 0 bridgehead atoms. The molecule has 0 aliphatic heterocycles. The van der Waals surface area contributed by atoms with Crippen molar-refractivity contribution in [2.45, 2.75) is 22.8 Å². The van der Waals surface area contributed by atoms with Gasteiger partial charge in [-0.05, 0) is 13.0 Å². The molecule has 7 nitrogen and oxygen atoms in total. The van der Waals surface area contributed by atoms with Crippen molar-refractivity contribution < 1.29 is 5.11 Å². The van der Waals surface area contributed by atoms with Gasteiger partial charge in [-0.2, -0.15) is 0 Å². The molecule has 23 heavy (non-hydrogen) atoms. The van der Waals surface area contributed by atoms with Crippen LogP contribution in [0, 0.1) is 0 Å². The Balaban J connectivity index is 1.95. The van der Waals surface area contributed by atoms with Gasteiger partial charge in [0.05, 0.1) is 16.0 Å². The van der Waals surface area contributed by atoms with E-state index in [1.807, 2.05) is 4.40 Å². The van der Waals surface area contributed by atoms with E-state index in [2.05, 4.69) is 20.3 Å². The van der Waals surface area contributed by atoms with Crippen molar-refractivity contribution in [2.75, 3.05) is 17.6 Å². The summed E-state index contributed by atoms with van der Waals surface area (Å²) in [6.45, 7) is 2.11. The lowest BCUT2D eigenvalue weighted by atomic mass is 10.4. The van der Waals surface area contributed by atoms with Crippen molar-refractivity contribution in [3.63, 3.8) is 0 Å². The highest BCUT2D eigenvalue weighted by Crippen LogP contribution is 2.36. The molecule has 0 spiro atoms. The fourth-order valence-electron chi connectivity index (χ4n) is 1.98. The molecule has 0 amide bonds. The van der Waals surface area contributed by atoms with Crippen LogP contribution in [0.1, 0.15) is 6.92 Å². The van der Waals surface area contributed by atoms with Crippen LogP contribution in [-0.4, -0.2) is 37.1 Å². The Morgan fingerprint density at radius 3 is 2.96 bits per heavy atom. The van der Waals surface area contributed by atoms with E-state index in [0.717, 1.165) is 15.4 Å². The Bertz CT molecular complexity index is 837. The van der Waals surface area contributed by atoms with E-state index in [-0.39, 0.29) is 0 Å². The van der Waals surface area contributed by atoms with Gasteiger partial charge in [-0.15, -0.1) is 0 Å². The molecule has 120 valence electrons. The van der Waals surface area contributed by atoms with Crippen LogP contribution in [0.25, 0.3) is 5.65 Å². The van der Waals surface area contributed by atoms with Crippen LogP contribution in [0.5, 0.6) is 0 Å². The van der Waals surface area contributed by atoms with Crippen LogP contribution in [-0.2, 0) is 0 Å². The molecular formula is C14H15ClN6OS. The van der Waals surface area contributed by atoms with E-state index in [9.17, 15) is 5.11 Å². The number of rotatable bonds is 5. The van der Waals surface area contributed by atoms with Crippen molar-refractivity contribution >= 4 is 40.8 Å². The van der Waals surface area contributed by atoms with Crippen LogP contribution in [0.2, 0.25) is 5.02 Å². The summed E-state index contributed by atoms with van der Waals surface area (Å²) in [6.07, 6.45) is 6.35. The van der Waals surface area contributed by atoms with Crippen molar-refractivity contribution in [1.29, 1.82) is 0 Å². The number of hydrogen-bond acceptors (Lipinski definition) is 7. The van der Waals surface area contributed by atoms with Crippen LogP contribution >= 0.6 is 23.4 Å². The van der Waals surface area contributed by atoms with Crippen molar-refractivity contribution in [3.8, 4) is 0 Å². The van der Waals surface area contributed by atoms with Gasteiger partial charge in [0.2, 0.25) is 5.95 Å². The van der Waals surface area contributed by atoms with Crippen molar-refractivity contribution in [2.24, 2.45) is 0 Å². The lowest BCUT2D eigenvalue weighted by molar-refractivity contribution is 0.208. The second-order valence-corrected chi connectivity index (χ2v) is 6.37. The maximum Gasteiger partial charge on any atom is 0.208 e. The summed E-state index contributed by atoms with van der Waals surface area (Å²) >= 11 is 7.61. The Kier molecular flexibility index (Phi) is 4.56. The summed E-state index contributed by atoms with van der Waals surface area (Å²) in [5.41, 5.74) is 6.47. The van der Waals surface area contributed by atoms with Gasteiger partial charge in [-0.1, -0.05) is 23.4 Å². The van der Waals surface area contributed by atoms with Gasteiger partial charge in [0.1, 0.15) is 5.82 Å². The van der Waals surface area contributed by atoms with E-state index >= 15 is 0 Å². The second-order valence-electron chi connectivity index (χ2n) is 4.91. The summed E-state index contributed by atoms with van der Waals surface area (Å²) in [4.78, 5) is 14.3. The first-order valence-electron chi connectivity index (χ1n) is 6.88. The fourth-order valence-corrected chi connectivity index (χ4v) is 3.11. The summed E-state index contributed by atoms with van der Waals surface area (Å²) in [5.74, 6) is 0.905. The van der Waals surface area contributed by atoms with Crippen LogP contribution in [0.4, 0.5) is 11.8 Å². The molecule has 0 radical (unpaired) electrons. The third-order valence-electron chi connectivity index (χ3n) is 3.05. The van der Waals surface area contributed by atoms with Gasteiger partial charge < -0.3 is 16.2 Å². The zero-order valence-electron chi connectivity index (χ0n) is 12.3. The van der Waals surface area contributed by atoms with Crippen LogP contribution in [0.3, 0.4) is 0 Å². The van der Waals surface area contributed by atoms with Crippen molar-refractivity contribution in [1.82, 2.24) is 19.4 Å². The van der Waals surface area contributed by atoms with E-state index in [4.69, 9.17) is 17.3 Å². The van der Waals surface area contributed by atoms with E-state index < -0.39 is 6.10 Å². The fraction of sp³-hybridized carbons (Fsp3) is 0.214. The number of aliphatic hydroxyl groups excluding tert-OH is 1. The Morgan fingerprint density at radius 2 is 2.17 bits per heavy atom. The number of hydrogen-bond donors (Lipinski definition) is 3. The first-order valence-corrected chi connectivity index (χ1v) is 8.07. The van der Waals surface area contributed by atoms with Crippen LogP contribution in [0.15, 0.2) is 40.6 Å². The molecule has 0 saturated carbocycles. The highest BCUT2D eigenvalue weighted by atomic mass is 35.5. The SMILES string of the molecule is C[C@H](O)CNc1ncc(Sc2ccnc(N)c2Cl)c2nccn12. The number of aliphatic hydroxyl groups is 1. The Labute approximate surface area is 141 Å². The van der Waals surface area contributed by atoms with Gasteiger partial charge >= 0.3 is 0 Å². The van der Waals surface area contributed by atoms with E-state index in [0.29, 0.717) is 23.3 Å². The molecule has 9 heteroatoms. The molecule has 1 atom stereocenters. The summed E-state index contributed by atoms with van der Waals surface area (Å²) < 4.78 is 1.82. The van der Waals surface area contributed by atoms with E-state index in [1.54, 1.807) is 37.8 Å². The minimum Gasteiger partial charge on any atom is -0.392 e. The molecule has 0 unspecified atom stereocenters. The minimum absolute atomic E-state index is 0.291. The predicted octanol–water partition coefficient (Wildman–Crippen LogP) is 2.30. The van der Waals surface area contributed by atoms with Gasteiger partial charge in [-0.25, -0.2) is 15.0 Å². The maximum atomic E-state index is 9.39. The Morgan fingerprint density at radius 1 is 1.35 bits per heavy atom. The highest BCUT2D eigenvalue weighted by Gasteiger charge is 2.13. The molecule has 0 aliphatic rings. The topological polar surface area (TPSA) is 101 Å². The molecule has 0 saturated heterocycles. The first-order chi connectivity index (χ1) is 11.1. The monoisotopic (exact) mass is 350 g/mol. The Hall–Kier alpha value is -2.03. The normalized spacial score (nSPS) is 12.5. The largest absolute Gasteiger partial charge is 0.392 e. The number of imidazole rings is 1. The number of anilines is 2. The lowest BCUT2D eigenvalue weighted by Gasteiger charge is -2.11. The zero-order chi connectivity index (χ0) is 16.4. The zero-order valence-corrected chi connectivity index (χ0v) is 13.8. The second kappa shape index (κ2) is 6.61. The number of halogens is 1. The average Bonchev–Trinajstić information content (AvgIpc) is 3.01. The average molecular weight is 351 g/mol. The molecule has 3 heterocycles. The smallest absolute Gasteiger partial charge is 0.208 e. The van der Waals surface area contributed by atoms with Gasteiger partial charge in [-0.3, -0.25) is 4.40 Å². The first kappa shape index (κ1) is 15.9. The third-order valence-corrected chi connectivity index (χ3v) is 4.63. The standard InChI is InChI=1S/C14H15ClN6OS/c1-8(22)6-19-14-20-7-10(13-18-4-5-21(13)14)23-9-2-3-17-12(16)11(9)15/h2-5,7-8,22H,6H2,1H3,(H2,16,17)(H,19,20)/t8-/m0/s1. The third kappa shape index (κ3) is 3.34. The van der Waals surface area contributed by atoms with Gasteiger partial charge in [0, 0.05) is 36.2 Å². The number of nitrogens with two attached hydrogens (primary N) is 1. The quantitative estimate of drug-likeness (QED) is 0.649. The lowest BCUT2D eigenvalue weighted by Crippen LogP contribution is -2.17. The van der Waals surface area contributed by atoms with E-state index in [1.165, 1.54) is 11.8 Å². The molecule has 0 aliphatic carbocycles. The number of fused-ring (bicyclic) bond motifs is 1. The van der Waals surface area contributed by atoms with Gasteiger partial charge in [0.25, 0.3) is 0 Å². The van der Waals surface area contributed by atoms with Crippen LogP contribution < -0.4 is 11.1 Å². The molecular weight excluding hydrogens is 336 g/mol. The maximum absolute atomic E-state index is 9.39. The summed E-state index contributed by atoms with van der Waals surface area (Å²) in [7, 11) is 0. The predicted molar refractivity (Wildman–Crippen MR) is 90.9 cm³/mol. The molecule has 4 N–H and O–H groups in total. The number of aromatic nitrogens is 4. The molecule has 3 aromatic rings. The van der Waals surface area contributed by atoms with Gasteiger partial charge in [0.15, 0.2) is 5.65 Å². The molecule has 3 aromatic heterocycles. The number of nitrogens with zero attached hydrogens (tertiary/aromatic N) is 4. The number of nitrogens with one attached hydrogen (secondary N) is 1. The minimum atomic E-state index is -0.469. The number of pyridine rings is 1. The molecule has 0 aromatic carbocycles. The molecule has 3 rings (SSSR count). The molecule has 0 fully saturated rings. The summed E-state index contributed by atoms with van der Waals surface area (Å²) in [6, 6.07) is 1.79. The summed E-state index contributed by atoms with van der Waals surface area (Å²) in [5, 5.41) is 12.9.